The molecule has 0 saturated heterocycles. The Balaban J connectivity index is 1.96. The summed E-state index contributed by atoms with van der Waals surface area (Å²) in [6.45, 7) is 0. The van der Waals surface area contributed by atoms with Crippen LogP contribution in [0.4, 0.5) is 11.6 Å². The second-order valence-corrected chi connectivity index (χ2v) is 6.07. The van der Waals surface area contributed by atoms with Crippen LogP contribution < -0.4 is 10.1 Å². The summed E-state index contributed by atoms with van der Waals surface area (Å²) in [4.78, 5) is 27.4. The number of nitro groups is 1. The Bertz CT molecular complexity index is 964. The van der Waals surface area contributed by atoms with Gasteiger partial charge in [0.15, 0.2) is 11.5 Å². The number of nitrogens with one attached hydrogen (secondary N) is 1. The van der Waals surface area contributed by atoms with E-state index < -0.39 is 22.4 Å². The van der Waals surface area contributed by atoms with E-state index in [0.717, 1.165) is 12.1 Å². The first-order valence-electron chi connectivity index (χ1n) is 7.99. The van der Waals surface area contributed by atoms with Gasteiger partial charge in [-0.2, -0.15) is 10.1 Å². The minimum atomic E-state index is -0.692. The number of aromatic hydroxyl groups is 1. The topological polar surface area (TPSA) is 132 Å². The van der Waals surface area contributed by atoms with Crippen molar-refractivity contribution in [1.82, 2.24) is 14.8 Å². The number of methoxy groups -OCH3 is 1. The maximum Gasteiger partial charge on any atom is 0.315 e. The molecule has 10 heteroatoms. The van der Waals surface area contributed by atoms with Crippen molar-refractivity contribution in [3.63, 3.8) is 0 Å². The Morgan fingerprint density at radius 2 is 2.23 bits per heavy atom. The second-order valence-electron chi connectivity index (χ2n) is 6.07. The molecule has 2 aliphatic rings. The summed E-state index contributed by atoms with van der Waals surface area (Å²) >= 11 is 0. The van der Waals surface area contributed by atoms with E-state index in [-0.39, 0.29) is 11.5 Å². The fraction of sp³-hybridized carbons (Fsp3) is 0.312. The highest BCUT2D eigenvalue weighted by molar-refractivity contribution is 5.99. The van der Waals surface area contributed by atoms with Crippen LogP contribution in [-0.2, 0) is 4.79 Å². The van der Waals surface area contributed by atoms with Crippen molar-refractivity contribution in [3.8, 4) is 11.5 Å². The normalized spacial score (nSPS) is 18.8. The predicted octanol–water partition coefficient (Wildman–Crippen LogP) is 1.92. The first kappa shape index (κ1) is 16.1. The average molecular weight is 357 g/mol. The van der Waals surface area contributed by atoms with Gasteiger partial charge in [0, 0.05) is 23.8 Å². The molecule has 0 amide bonds. The Labute approximate surface area is 147 Å². The average Bonchev–Trinajstić information content (AvgIpc) is 3.08. The number of hydrogen-bond acceptors (Lipinski definition) is 8. The molecular formula is C16H15N5O5. The molecule has 1 aliphatic carbocycles. The fourth-order valence-electron chi connectivity index (χ4n) is 3.47. The number of nitrogens with zero attached hydrogens (tertiary/aromatic N) is 4. The molecule has 26 heavy (non-hydrogen) atoms. The quantitative estimate of drug-likeness (QED) is 0.629. The van der Waals surface area contributed by atoms with Crippen molar-refractivity contribution < 1.29 is 19.6 Å². The smallest absolute Gasteiger partial charge is 0.315 e. The molecule has 1 aliphatic heterocycles. The summed E-state index contributed by atoms with van der Waals surface area (Å²) in [6, 6.07) is 2.05. The zero-order valence-corrected chi connectivity index (χ0v) is 13.8. The Hall–Kier alpha value is -3.43. The molecule has 2 heterocycles. The third kappa shape index (κ3) is 2.30. The highest BCUT2D eigenvalue weighted by Gasteiger charge is 2.37. The highest BCUT2D eigenvalue weighted by atomic mass is 16.6. The molecule has 1 atom stereocenters. The van der Waals surface area contributed by atoms with Gasteiger partial charge >= 0.3 is 5.69 Å². The van der Waals surface area contributed by atoms with Gasteiger partial charge in [-0.15, -0.1) is 0 Å². The van der Waals surface area contributed by atoms with Gasteiger partial charge in [-0.25, -0.2) is 4.68 Å². The van der Waals surface area contributed by atoms with Crippen LogP contribution in [0.25, 0.3) is 0 Å². The number of phenolic OH excluding ortho intramolecular Hbond substituents is 1. The van der Waals surface area contributed by atoms with Gasteiger partial charge in [-0.3, -0.25) is 14.9 Å². The number of Topliss-reactive ketones (excluding diaryl/α,β-unsaturated/α-hetero) is 1. The van der Waals surface area contributed by atoms with Crippen LogP contribution in [0.1, 0.15) is 30.9 Å². The number of rotatable bonds is 3. The van der Waals surface area contributed by atoms with Crippen molar-refractivity contribution in [3.05, 3.63) is 45.4 Å². The number of allylic oxidation sites excluding steroid dienone is 2. The summed E-state index contributed by atoms with van der Waals surface area (Å²) in [6.07, 6.45) is 3.16. The lowest BCUT2D eigenvalue weighted by Gasteiger charge is -2.32. The third-order valence-corrected chi connectivity index (χ3v) is 4.62. The molecule has 0 saturated carbocycles. The summed E-state index contributed by atoms with van der Waals surface area (Å²) in [5.74, 6) is -0.185. The lowest BCUT2D eigenvalue weighted by Crippen LogP contribution is -2.31. The summed E-state index contributed by atoms with van der Waals surface area (Å²) in [7, 11) is 1.31. The molecule has 0 spiro atoms. The molecule has 1 aromatic heterocycles. The van der Waals surface area contributed by atoms with Gasteiger partial charge in [0.25, 0.3) is 0 Å². The largest absolute Gasteiger partial charge is 0.500 e. The van der Waals surface area contributed by atoms with E-state index >= 15 is 0 Å². The molecule has 4 rings (SSSR count). The summed E-state index contributed by atoms with van der Waals surface area (Å²) < 4.78 is 6.59. The summed E-state index contributed by atoms with van der Waals surface area (Å²) in [5, 5.41) is 28.7. The maximum atomic E-state index is 12.6. The molecule has 0 bridgehead atoms. The van der Waals surface area contributed by atoms with Crippen molar-refractivity contribution in [2.24, 2.45) is 0 Å². The van der Waals surface area contributed by atoms with E-state index in [2.05, 4.69) is 15.4 Å². The van der Waals surface area contributed by atoms with Crippen LogP contribution in [0.3, 0.4) is 0 Å². The van der Waals surface area contributed by atoms with Crippen LogP contribution in [0.5, 0.6) is 11.5 Å². The second kappa shape index (κ2) is 5.83. The SMILES string of the molecule is COc1cc([C@H]2C3=C(CCCC3=O)Nc3ncnn32)cc([N+](=O)[O-])c1O. The zero-order chi connectivity index (χ0) is 18.4. The number of ether oxygens (including phenoxy) is 1. The minimum Gasteiger partial charge on any atom is -0.500 e. The third-order valence-electron chi connectivity index (χ3n) is 4.62. The number of fused-ring (bicyclic) bond motifs is 1. The van der Waals surface area contributed by atoms with Gasteiger partial charge in [0.1, 0.15) is 12.4 Å². The number of carbonyl (C=O) groups is 1. The van der Waals surface area contributed by atoms with E-state index in [1.54, 1.807) is 0 Å². The fourth-order valence-corrected chi connectivity index (χ4v) is 3.47. The Morgan fingerprint density at radius 3 is 2.96 bits per heavy atom. The number of phenols is 1. The van der Waals surface area contributed by atoms with E-state index in [9.17, 15) is 20.0 Å². The lowest BCUT2D eigenvalue weighted by molar-refractivity contribution is -0.386. The van der Waals surface area contributed by atoms with Crippen molar-refractivity contribution in [1.29, 1.82) is 0 Å². The molecule has 0 unspecified atom stereocenters. The van der Waals surface area contributed by atoms with Crippen molar-refractivity contribution in [2.75, 3.05) is 12.4 Å². The van der Waals surface area contributed by atoms with Crippen LogP contribution in [0, 0.1) is 10.1 Å². The maximum absolute atomic E-state index is 12.6. The van der Waals surface area contributed by atoms with Gasteiger partial charge in [-0.05, 0) is 24.5 Å². The Kier molecular flexibility index (Phi) is 3.60. The van der Waals surface area contributed by atoms with Crippen LogP contribution in [0.15, 0.2) is 29.7 Å². The molecule has 0 radical (unpaired) electrons. The number of hydrogen-bond donors (Lipinski definition) is 2. The zero-order valence-electron chi connectivity index (χ0n) is 13.8. The molecule has 10 nitrogen and oxygen atoms in total. The standard InChI is InChI=1S/C16H15N5O5/c1-26-12-6-8(5-10(15(12)23)21(24)25)14-13-9(3-2-4-11(13)22)19-16-17-7-18-20(14)16/h5-7,14,23H,2-4H2,1H3,(H,17,18,19)/t14-/m0/s1. The monoisotopic (exact) mass is 357 g/mol. The molecule has 2 N–H and O–H groups in total. The van der Waals surface area contributed by atoms with Crippen molar-refractivity contribution in [2.45, 2.75) is 25.3 Å². The van der Waals surface area contributed by atoms with Crippen LogP contribution in [-0.4, -0.2) is 37.7 Å². The van der Waals surface area contributed by atoms with E-state index in [1.165, 1.54) is 30.3 Å². The molecular weight excluding hydrogens is 342 g/mol. The minimum absolute atomic E-state index is 0.0418. The summed E-state index contributed by atoms with van der Waals surface area (Å²) in [5.41, 5.74) is 1.19. The van der Waals surface area contributed by atoms with E-state index in [4.69, 9.17) is 4.74 Å². The van der Waals surface area contributed by atoms with Gasteiger partial charge < -0.3 is 15.2 Å². The number of benzene rings is 1. The Morgan fingerprint density at radius 1 is 1.42 bits per heavy atom. The number of anilines is 1. The number of carbonyl (C=O) groups excluding carboxylic acids is 1. The first-order valence-corrected chi connectivity index (χ1v) is 7.99. The van der Waals surface area contributed by atoms with Crippen LogP contribution in [0.2, 0.25) is 0 Å². The van der Waals surface area contributed by atoms with Gasteiger partial charge in [-0.1, -0.05) is 0 Å². The van der Waals surface area contributed by atoms with E-state index in [0.29, 0.717) is 29.9 Å². The molecule has 2 aromatic rings. The first-order chi connectivity index (χ1) is 12.5. The highest BCUT2D eigenvalue weighted by Crippen LogP contribution is 2.44. The van der Waals surface area contributed by atoms with Gasteiger partial charge in [0.2, 0.25) is 11.7 Å². The molecule has 1 aromatic carbocycles. The van der Waals surface area contributed by atoms with Gasteiger partial charge in [0.05, 0.1) is 12.0 Å². The van der Waals surface area contributed by atoms with Crippen molar-refractivity contribution >= 4 is 17.4 Å². The predicted molar refractivity (Wildman–Crippen MR) is 89.0 cm³/mol. The van der Waals surface area contributed by atoms with Crippen LogP contribution >= 0.6 is 0 Å². The molecule has 134 valence electrons. The molecule has 0 fully saturated rings. The number of aromatic nitrogens is 3. The lowest BCUT2D eigenvalue weighted by atomic mass is 9.85. The number of nitro benzene ring substituents is 1. The number of ketones is 1. The van der Waals surface area contributed by atoms with E-state index in [1.807, 2.05) is 0 Å².